The topological polar surface area (TPSA) is 69.9 Å². The number of rotatable bonds is 6. The molecule has 2 aromatic carbocycles. The summed E-state index contributed by atoms with van der Waals surface area (Å²) in [6.45, 7) is 6.14. The van der Waals surface area contributed by atoms with E-state index in [9.17, 15) is 9.59 Å². The van der Waals surface area contributed by atoms with Crippen molar-refractivity contribution in [2.45, 2.75) is 26.8 Å². The van der Waals surface area contributed by atoms with Gasteiger partial charge in [-0.2, -0.15) is 0 Å². The Hall–Kier alpha value is -2.01. The molecule has 0 aliphatic carbocycles. The lowest BCUT2D eigenvalue weighted by Gasteiger charge is -2.24. The second-order valence-electron chi connectivity index (χ2n) is 7.59. The highest BCUT2D eigenvalue weighted by molar-refractivity contribution is 9.11. The Morgan fingerprint density at radius 3 is 2.49 bits per heavy atom. The Bertz CT molecular complexity index is 1510. The van der Waals surface area contributed by atoms with E-state index in [0.717, 1.165) is 24.5 Å². The number of hydrogen-bond acceptors (Lipinski definition) is 6. The molecule has 4 rings (SSSR count). The number of hydrogen-bond donors (Lipinski definition) is 0. The van der Waals surface area contributed by atoms with Crippen LogP contribution in [0.4, 0.5) is 0 Å². The van der Waals surface area contributed by atoms with Gasteiger partial charge in [-0.3, -0.25) is 9.36 Å². The summed E-state index contributed by atoms with van der Waals surface area (Å²) in [6, 6.07) is 10.7. The van der Waals surface area contributed by atoms with Gasteiger partial charge in [0.2, 0.25) is 0 Å². The first-order chi connectivity index (χ1) is 16.7. The van der Waals surface area contributed by atoms with Crippen LogP contribution in [-0.4, -0.2) is 23.8 Å². The minimum Gasteiger partial charge on any atom is -0.492 e. The normalized spacial score (nSPS) is 15.6. The molecule has 10 heteroatoms. The Balaban J connectivity index is 1.97. The Kier molecular flexibility index (Phi) is 8.15. The third kappa shape index (κ3) is 5.26. The average molecular weight is 685 g/mol. The zero-order chi connectivity index (χ0) is 25.3. The van der Waals surface area contributed by atoms with Gasteiger partial charge in [0.25, 0.3) is 5.56 Å². The molecular formula is C25H21Br3N2O4S. The van der Waals surface area contributed by atoms with Crippen molar-refractivity contribution in [2.75, 3.05) is 13.2 Å². The van der Waals surface area contributed by atoms with E-state index in [1.807, 2.05) is 43.3 Å². The van der Waals surface area contributed by atoms with E-state index in [1.165, 1.54) is 11.3 Å². The fourth-order valence-electron chi connectivity index (χ4n) is 3.88. The van der Waals surface area contributed by atoms with Crippen molar-refractivity contribution in [3.8, 4) is 5.75 Å². The smallest absolute Gasteiger partial charge is 0.338 e. The summed E-state index contributed by atoms with van der Waals surface area (Å²) >= 11 is 11.8. The molecule has 0 amide bonds. The molecule has 3 aromatic rings. The first-order valence-corrected chi connectivity index (χ1v) is 14.0. The fraction of sp³-hybridized carbons (Fsp3) is 0.240. The highest BCUT2D eigenvalue weighted by atomic mass is 79.9. The minimum atomic E-state index is -0.652. The SMILES string of the molecule is CCOC(=O)C1=C(C)N=c2sc(=Cc3cc(Br)cc(Br)c3OCC)c(=O)n2C1c1ccc(Br)cc1. The van der Waals surface area contributed by atoms with Gasteiger partial charge < -0.3 is 9.47 Å². The number of halogens is 3. The standard InChI is InChI=1S/C25H21Br3N2O4S/c1-4-33-22-15(10-17(27)12-18(22)28)11-19-23(31)30-21(14-6-8-16(26)9-7-14)20(24(32)34-5-2)13(3)29-25(30)35-19/h6-12,21H,4-5H2,1-3H3. The molecule has 1 aliphatic heterocycles. The zero-order valence-electron chi connectivity index (χ0n) is 19.1. The quantitative estimate of drug-likeness (QED) is 0.323. The van der Waals surface area contributed by atoms with E-state index in [1.54, 1.807) is 24.5 Å². The van der Waals surface area contributed by atoms with Gasteiger partial charge in [0, 0.05) is 14.5 Å². The number of thiazole rings is 1. The van der Waals surface area contributed by atoms with Crippen LogP contribution >= 0.6 is 59.1 Å². The van der Waals surface area contributed by atoms with E-state index in [4.69, 9.17) is 9.47 Å². The number of benzene rings is 2. The monoisotopic (exact) mass is 682 g/mol. The van der Waals surface area contributed by atoms with Crippen molar-refractivity contribution in [1.29, 1.82) is 0 Å². The van der Waals surface area contributed by atoms with Gasteiger partial charge >= 0.3 is 5.97 Å². The molecule has 0 spiro atoms. The van der Waals surface area contributed by atoms with E-state index < -0.39 is 12.0 Å². The average Bonchev–Trinajstić information content (AvgIpc) is 3.10. The predicted octanol–water partition coefficient (Wildman–Crippen LogP) is 5.48. The van der Waals surface area contributed by atoms with Gasteiger partial charge in [0.15, 0.2) is 4.80 Å². The first kappa shape index (κ1) is 26.1. The minimum absolute atomic E-state index is 0.227. The molecule has 1 atom stereocenters. The van der Waals surface area contributed by atoms with Gasteiger partial charge in [-0.05, 0) is 72.6 Å². The van der Waals surface area contributed by atoms with E-state index >= 15 is 0 Å². The molecule has 35 heavy (non-hydrogen) atoms. The summed E-state index contributed by atoms with van der Waals surface area (Å²) in [5, 5.41) is 0. The number of esters is 1. The summed E-state index contributed by atoms with van der Waals surface area (Å²) in [6.07, 6.45) is 1.80. The number of fused-ring (bicyclic) bond motifs is 1. The highest BCUT2D eigenvalue weighted by Crippen LogP contribution is 2.34. The molecule has 0 N–H and O–H groups in total. The number of carbonyl (C=O) groups is 1. The zero-order valence-corrected chi connectivity index (χ0v) is 24.7. The van der Waals surface area contributed by atoms with Crippen LogP contribution in [-0.2, 0) is 9.53 Å². The summed E-state index contributed by atoms with van der Waals surface area (Å²) in [7, 11) is 0. The Morgan fingerprint density at radius 1 is 1.11 bits per heavy atom. The molecule has 0 radical (unpaired) electrons. The predicted molar refractivity (Wildman–Crippen MR) is 148 cm³/mol. The van der Waals surface area contributed by atoms with E-state index in [2.05, 4.69) is 52.8 Å². The van der Waals surface area contributed by atoms with Crippen molar-refractivity contribution in [3.63, 3.8) is 0 Å². The maximum atomic E-state index is 13.8. The van der Waals surface area contributed by atoms with Crippen LogP contribution in [0.25, 0.3) is 6.08 Å². The largest absolute Gasteiger partial charge is 0.492 e. The number of aromatic nitrogens is 1. The first-order valence-electron chi connectivity index (χ1n) is 10.8. The second-order valence-corrected chi connectivity index (χ2v) is 11.3. The van der Waals surface area contributed by atoms with Crippen molar-refractivity contribution in [3.05, 3.63) is 91.9 Å². The maximum Gasteiger partial charge on any atom is 0.338 e. The number of nitrogens with zero attached hydrogens (tertiary/aromatic N) is 2. The Labute approximate surface area is 231 Å². The molecule has 1 aliphatic rings. The van der Waals surface area contributed by atoms with Crippen LogP contribution in [0.1, 0.15) is 37.9 Å². The lowest BCUT2D eigenvalue weighted by atomic mass is 9.96. The lowest BCUT2D eigenvalue weighted by molar-refractivity contribution is -0.139. The summed E-state index contributed by atoms with van der Waals surface area (Å²) in [5.74, 6) is 0.167. The number of carbonyl (C=O) groups excluding carboxylic acids is 1. The van der Waals surface area contributed by atoms with Crippen LogP contribution < -0.4 is 19.6 Å². The van der Waals surface area contributed by atoms with Crippen molar-refractivity contribution in [1.82, 2.24) is 4.57 Å². The molecule has 0 saturated heterocycles. The Morgan fingerprint density at radius 2 is 1.83 bits per heavy atom. The van der Waals surface area contributed by atoms with E-state index in [-0.39, 0.29) is 12.2 Å². The third-order valence-electron chi connectivity index (χ3n) is 5.32. The van der Waals surface area contributed by atoms with Gasteiger partial charge in [-0.25, -0.2) is 9.79 Å². The summed E-state index contributed by atoms with van der Waals surface area (Å²) in [4.78, 5) is 31.9. The molecule has 1 aromatic heterocycles. The third-order valence-corrected chi connectivity index (χ3v) is 7.87. The number of ether oxygens (including phenoxy) is 2. The lowest BCUT2D eigenvalue weighted by Crippen LogP contribution is -2.39. The second kappa shape index (κ2) is 10.9. The van der Waals surface area contributed by atoms with Gasteiger partial charge in [0.1, 0.15) is 5.75 Å². The molecule has 6 nitrogen and oxygen atoms in total. The summed E-state index contributed by atoms with van der Waals surface area (Å²) < 4.78 is 15.8. The maximum absolute atomic E-state index is 13.8. The van der Waals surface area contributed by atoms with Crippen LogP contribution in [0.2, 0.25) is 0 Å². The fourth-order valence-corrected chi connectivity index (χ4v) is 6.55. The molecule has 0 saturated carbocycles. The van der Waals surface area contributed by atoms with Crippen LogP contribution in [0, 0.1) is 0 Å². The molecule has 1 unspecified atom stereocenters. The molecule has 2 heterocycles. The van der Waals surface area contributed by atoms with Crippen LogP contribution in [0.15, 0.2) is 70.9 Å². The van der Waals surface area contributed by atoms with Gasteiger partial charge in [-0.1, -0.05) is 55.3 Å². The van der Waals surface area contributed by atoms with Crippen LogP contribution in [0.5, 0.6) is 5.75 Å². The van der Waals surface area contributed by atoms with Crippen molar-refractivity contribution in [2.24, 2.45) is 4.99 Å². The van der Waals surface area contributed by atoms with Crippen molar-refractivity contribution < 1.29 is 14.3 Å². The molecule has 0 fully saturated rings. The van der Waals surface area contributed by atoms with Crippen LogP contribution in [0.3, 0.4) is 0 Å². The molecule has 182 valence electrons. The molecular weight excluding hydrogens is 664 g/mol. The van der Waals surface area contributed by atoms with E-state index in [0.29, 0.717) is 33.0 Å². The molecule has 0 bridgehead atoms. The van der Waals surface area contributed by atoms with Gasteiger partial charge in [-0.15, -0.1) is 0 Å². The van der Waals surface area contributed by atoms with Crippen molar-refractivity contribution >= 4 is 71.2 Å². The number of allylic oxidation sites excluding steroid dienone is 1. The summed E-state index contributed by atoms with van der Waals surface area (Å²) in [5.41, 5.74) is 2.19. The van der Waals surface area contributed by atoms with Gasteiger partial charge in [0.05, 0.1) is 39.5 Å². The highest BCUT2D eigenvalue weighted by Gasteiger charge is 2.33.